The van der Waals surface area contributed by atoms with Crippen LogP contribution in [0.25, 0.3) is 0 Å². The van der Waals surface area contributed by atoms with E-state index >= 15 is 0 Å². The molecule has 2 unspecified atom stereocenters. The maximum Gasteiger partial charge on any atom is 0.472 e. The van der Waals surface area contributed by atoms with Gasteiger partial charge < -0.3 is 24.6 Å². The molecule has 0 aromatic rings. The zero-order chi connectivity index (χ0) is 37.0. The van der Waals surface area contributed by atoms with Gasteiger partial charge in [0.05, 0.1) is 19.8 Å². The summed E-state index contributed by atoms with van der Waals surface area (Å²) in [7, 11) is -4.61. The highest BCUT2D eigenvalue weighted by atomic mass is 31.2. The van der Waals surface area contributed by atoms with Gasteiger partial charge in [0.25, 0.3) is 0 Å². The van der Waals surface area contributed by atoms with Gasteiger partial charge in [-0.2, -0.15) is 0 Å². The largest absolute Gasteiger partial charge is 0.472 e. The Hall–Kier alpha value is -1.81. The van der Waals surface area contributed by atoms with Gasteiger partial charge >= 0.3 is 19.8 Å². The number of ether oxygens (including phenoxy) is 2. The maximum atomic E-state index is 12.5. The van der Waals surface area contributed by atoms with Crippen LogP contribution in [0.4, 0.5) is 0 Å². The van der Waals surface area contributed by atoms with Crippen LogP contribution < -0.4 is 0 Å². The molecule has 0 saturated heterocycles. The zero-order valence-electron chi connectivity index (χ0n) is 31.4. The molecular weight excluding hydrogens is 659 g/mol. The van der Waals surface area contributed by atoms with Crippen molar-refractivity contribution in [3.63, 3.8) is 0 Å². The molecule has 0 saturated carbocycles. The lowest BCUT2D eigenvalue weighted by atomic mass is 10.0. The first-order chi connectivity index (χ1) is 24.2. The number of carbonyl (C=O) groups excluding carboxylic acids is 2. The van der Waals surface area contributed by atoms with Gasteiger partial charge in [0, 0.05) is 12.8 Å². The van der Waals surface area contributed by atoms with Crippen LogP contribution in [0.3, 0.4) is 0 Å². The topological polar surface area (TPSA) is 149 Å². The van der Waals surface area contributed by atoms with E-state index < -0.39 is 51.8 Å². The molecule has 10 nitrogen and oxygen atoms in total. The van der Waals surface area contributed by atoms with Crippen molar-refractivity contribution < 1.29 is 47.8 Å². The second-order valence-corrected chi connectivity index (χ2v) is 14.4. The second-order valence-electron chi connectivity index (χ2n) is 13.0. The molecule has 0 aromatic heterocycles. The number of carbonyl (C=O) groups is 2. The molecule has 0 fully saturated rings. The van der Waals surface area contributed by atoms with E-state index in [0.29, 0.717) is 12.8 Å². The van der Waals surface area contributed by atoms with Crippen molar-refractivity contribution in [1.82, 2.24) is 0 Å². The van der Waals surface area contributed by atoms with E-state index in [1.54, 1.807) is 0 Å². The molecule has 3 atom stereocenters. The molecule has 0 aliphatic rings. The molecule has 0 spiro atoms. The van der Waals surface area contributed by atoms with Crippen LogP contribution in [0.2, 0.25) is 0 Å². The van der Waals surface area contributed by atoms with Gasteiger partial charge in [-0.1, -0.05) is 153 Å². The summed E-state index contributed by atoms with van der Waals surface area (Å²) < 4.78 is 32.6. The zero-order valence-corrected chi connectivity index (χ0v) is 32.3. The second kappa shape index (κ2) is 35.6. The van der Waals surface area contributed by atoms with Crippen molar-refractivity contribution in [3.8, 4) is 0 Å². The summed E-state index contributed by atoms with van der Waals surface area (Å²) in [5, 5.41) is 18.3. The highest BCUT2D eigenvalue weighted by Gasteiger charge is 2.27. The Bertz CT molecular complexity index is 936. The average molecular weight is 731 g/mol. The highest BCUT2D eigenvalue weighted by molar-refractivity contribution is 7.47. The first-order valence-electron chi connectivity index (χ1n) is 19.5. The Kier molecular flexibility index (Phi) is 34.3. The lowest BCUT2D eigenvalue weighted by Crippen LogP contribution is -2.29. The summed E-state index contributed by atoms with van der Waals surface area (Å²) in [4.78, 5) is 34.8. The third-order valence-electron chi connectivity index (χ3n) is 8.12. The molecule has 0 radical (unpaired) electrons. The van der Waals surface area contributed by atoms with Crippen LogP contribution in [0.1, 0.15) is 162 Å². The molecule has 50 heavy (non-hydrogen) atoms. The molecule has 11 heteroatoms. The number of aliphatic hydroxyl groups excluding tert-OH is 2. The van der Waals surface area contributed by atoms with Crippen LogP contribution in [0, 0.1) is 0 Å². The van der Waals surface area contributed by atoms with Gasteiger partial charge in [0.2, 0.25) is 0 Å². The molecule has 0 bridgehead atoms. The van der Waals surface area contributed by atoms with Crippen molar-refractivity contribution in [2.45, 2.75) is 174 Å². The molecule has 0 amide bonds. The van der Waals surface area contributed by atoms with Gasteiger partial charge in [0.1, 0.15) is 12.7 Å². The fraction of sp³-hybridized carbons (Fsp3) is 0.795. The third kappa shape index (κ3) is 34.6. The third-order valence-corrected chi connectivity index (χ3v) is 9.07. The predicted octanol–water partition coefficient (Wildman–Crippen LogP) is 9.61. The minimum atomic E-state index is -4.61. The van der Waals surface area contributed by atoms with Crippen LogP contribution in [0.15, 0.2) is 36.5 Å². The minimum Gasteiger partial charge on any atom is -0.462 e. The van der Waals surface area contributed by atoms with E-state index in [-0.39, 0.29) is 19.4 Å². The van der Waals surface area contributed by atoms with Gasteiger partial charge in [-0.05, 0) is 32.1 Å². The van der Waals surface area contributed by atoms with Crippen LogP contribution in [-0.4, -0.2) is 65.7 Å². The monoisotopic (exact) mass is 730 g/mol. The fourth-order valence-electron chi connectivity index (χ4n) is 5.11. The van der Waals surface area contributed by atoms with E-state index in [9.17, 15) is 24.2 Å². The van der Waals surface area contributed by atoms with Crippen LogP contribution in [0.5, 0.6) is 0 Å². The lowest BCUT2D eigenvalue weighted by Gasteiger charge is -2.20. The van der Waals surface area contributed by atoms with Crippen molar-refractivity contribution >= 4 is 19.8 Å². The molecule has 0 aliphatic heterocycles. The minimum absolute atomic E-state index is 0.162. The number of hydrogen-bond donors (Lipinski definition) is 3. The van der Waals surface area contributed by atoms with Crippen molar-refractivity contribution in [2.24, 2.45) is 0 Å². The van der Waals surface area contributed by atoms with E-state index in [1.807, 2.05) is 24.3 Å². The van der Waals surface area contributed by atoms with E-state index in [0.717, 1.165) is 57.8 Å². The number of allylic oxidation sites excluding steroid dienone is 6. The van der Waals surface area contributed by atoms with Crippen LogP contribution >= 0.6 is 7.82 Å². The van der Waals surface area contributed by atoms with Crippen LogP contribution in [-0.2, 0) is 32.7 Å². The predicted molar refractivity (Wildman–Crippen MR) is 201 cm³/mol. The summed E-state index contributed by atoms with van der Waals surface area (Å²) in [5.41, 5.74) is 0. The first-order valence-corrected chi connectivity index (χ1v) is 21.0. The number of rotatable bonds is 36. The fourth-order valence-corrected chi connectivity index (χ4v) is 5.90. The summed E-state index contributed by atoms with van der Waals surface area (Å²) in [6, 6.07) is 0. The molecule has 0 aromatic carbocycles. The quantitative estimate of drug-likeness (QED) is 0.0246. The summed E-state index contributed by atoms with van der Waals surface area (Å²) in [6.07, 6.45) is 34.0. The van der Waals surface area contributed by atoms with Gasteiger partial charge in [0.15, 0.2) is 6.10 Å². The molecule has 0 aliphatic carbocycles. The Morgan fingerprint density at radius 3 is 1.64 bits per heavy atom. The average Bonchev–Trinajstić information content (AvgIpc) is 3.10. The molecule has 0 heterocycles. The van der Waals surface area contributed by atoms with Crippen molar-refractivity contribution in [3.05, 3.63) is 36.5 Å². The van der Waals surface area contributed by atoms with Crippen molar-refractivity contribution in [2.75, 3.05) is 26.4 Å². The smallest absolute Gasteiger partial charge is 0.462 e. The van der Waals surface area contributed by atoms with E-state index in [1.165, 1.54) is 64.2 Å². The summed E-state index contributed by atoms with van der Waals surface area (Å²) in [5.74, 6) is -0.948. The van der Waals surface area contributed by atoms with Gasteiger partial charge in [-0.15, -0.1) is 0 Å². The number of esters is 2. The highest BCUT2D eigenvalue weighted by Crippen LogP contribution is 2.43. The number of phosphoric acid groups is 1. The Labute approximate surface area is 303 Å². The Morgan fingerprint density at radius 1 is 0.620 bits per heavy atom. The SMILES string of the molecule is CC/C=C/C=C/C=C/CCCCCCCC(=O)OC(COC(=O)CCCCCCCCCCCCCCCC)COP(=O)(O)OC[C@@H](O)CO. The van der Waals surface area contributed by atoms with Gasteiger partial charge in [-0.3, -0.25) is 18.6 Å². The number of aliphatic hydroxyl groups is 2. The Morgan fingerprint density at radius 2 is 1.10 bits per heavy atom. The molecule has 0 rings (SSSR count). The number of phosphoric ester groups is 1. The number of hydrogen-bond acceptors (Lipinski definition) is 9. The molecule has 292 valence electrons. The molecular formula is C39H71O10P. The van der Waals surface area contributed by atoms with E-state index in [2.05, 4.69) is 30.5 Å². The van der Waals surface area contributed by atoms with Crippen molar-refractivity contribution in [1.29, 1.82) is 0 Å². The van der Waals surface area contributed by atoms with E-state index in [4.69, 9.17) is 19.1 Å². The maximum absolute atomic E-state index is 12.5. The standard InChI is InChI=1S/C39H71O10P/c1-3-5-7-9-11-13-15-17-19-20-22-24-26-28-30-38(42)46-34-37(35-48-50(44,45)47-33-36(41)32-40)49-39(43)31-29-27-25-23-21-18-16-14-12-10-8-6-4-2/h6,8,10,12,14,16,36-37,40-41H,3-5,7,9,11,13,15,17-35H2,1-2H3,(H,44,45)/b8-6+,12-10+,16-14+/t36-,37?/m0/s1. The Balaban J connectivity index is 4.37. The number of unbranched alkanes of at least 4 members (excludes halogenated alkanes) is 18. The lowest BCUT2D eigenvalue weighted by molar-refractivity contribution is -0.161. The first kappa shape index (κ1) is 48.2. The summed E-state index contributed by atoms with van der Waals surface area (Å²) >= 11 is 0. The molecule has 3 N–H and O–H groups in total. The van der Waals surface area contributed by atoms with Gasteiger partial charge in [-0.25, -0.2) is 4.57 Å². The summed E-state index contributed by atoms with van der Waals surface area (Å²) in [6.45, 7) is 2.21. The normalized spacial score (nSPS) is 14.4.